The molecule has 0 unspecified atom stereocenters. The first-order valence-electron chi connectivity index (χ1n) is 12.2. The van der Waals surface area contributed by atoms with Gasteiger partial charge in [-0.2, -0.15) is 0 Å². The molecule has 0 aliphatic heterocycles. The number of rotatable bonds is 4. The topological polar surface area (TPSA) is 3.24 Å². The van der Waals surface area contributed by atoms with E-state index in [2.05, 4.69) is 150 Å². The van der Waals surface area contributed by atoms with Crippen LogP contribution in [0.1, 0.15) is 58.2 Å². The third-order valence-corrected chi connectivity index (χ3v) is 6.56. The molecular formula is C33H37N. The van der Waals surface area contributed by atoms with E-state index in [0.717, 1.165) is 5.69 Å². The summed E-state index contributed by atoms with van der Waals surface area (Å²) in [6, 6.07) is 35.5. The normalized spacial score (nSPS) is 12.0. The van der Waals surface area contributed by atoms with Crippen molar-refractivity contribution in [3.63, 3.8) is 0 Å². The van der Waals surface area contributed by atoms with Gasteiger partial charge in [-0.1, -0.05) is 102 Å². The monoisotopic (exact) mass is 447 g/mol. The molecule has 4 aromatic carbocycles. The highest BCUT2D eigenvalue weighted by molar-refractivity contribution is 5.79. The van der Waals surface area contributed by atoms with Crippen molar-refractivity contribution in [1.82, 2.24) is 0 Å². The van der Waals surface area contributed by atoms with E-state index in [1.807, 2.05) is 0 Å². The molecule has 1 heteroatoms. The van der Waals surface area contributed by atoms with Gasteiger partial charge >= 0.3 is 0 Å². The highest BCUT2D eigenvalue weighted by Gasteiger charge is 2.18. The van der Waals surface area contributed by atoms with Gasteiger partial charge in [0.15, 0.2) is 0 Å². The van der Waals surface area contributed by atoms with E-state index in [-0.39, 0.29) is 10.8 Å². The second-order valence-electron chi connectivity index (χ2n) is 11.3. The van der Waals surface area contributed by atoms with Crippen molar-refractivity contribution < 1.29 is 0 Å². The van der Waals surface area contributed by atoms with Gasteiger partial charge in [0.1, 0.15) is 0 Å². The molecule has 0 amide bonds. The lowest BCUT2D eigenvalue weighted by Gasteiger charge is -2.28. The Morgan fingerprint density at radius 1 is 0.471 bits per heavy atom. The van der Waals surface area contributed by atoms with Gasteiger partial charge in [0.05, 0.1) is 0 Å². The highest BCUT2D eigenvalue weighted by atomic mass is 15.1. The number of anilines is 3. The zero-order valence-electron chi connectivity index (χ0n) is 21.7. The largest absolute Gasteiger partial charge is 0.311 e. The number of hydrogen-bond donors (Lipinski definition) is 0. The molecule has 0 aliphatic rings. The van der Waals surface area contributed by atoms with Crippen LogP contribution in [0.25, 0.3) is 11.1 Å². The fraction of sp³-hybridized carbons (Fsp3) is 0.273. The summed E-state index contributed by atoms with van der Waals surface area (Å²) in [6.07, 6.45) is 0. The van der Waals surface area contributed by atoms with E-state index < -0.39 is 0 Å². The van der Waals surface area contributed by atoms with Crippen LogP contribution in [0.4, 0.5) is 17.1 Å². The summed E-state index contributed by atoms with van der Waals surface area (Å²) in [5.41, 5.74) is 10.3. The van der Waals surface area contributed by atoms with Crippen LogP contribution >= 0.6 is 0 Å². The summed E-state index contributed by atoms with van der Waals surface area (Å²) in [5, 5.41) is 0. The molecule has 4 rings (SSSR count). The number of aryl methyl sites for hydroxylation is 1. The molecule has 0 atom stereocenters. The first-order chi connectivity index (χ1) is 16.0. The molecule has 174 valence electrons. The molecule has 0 fully saturated rings. The van der Waals surface area contributed by atoms with Crippen LogP contribution < -0.4 is 4.90 Å². The van der Waals surface area contributed by atoms with Gasteiger partial charge in [-0.25, -0.2) is 0 Å². The molecule has 0 saturated carbocycles. The Hall–Kier alpha value is -3.32. The lowest BCUT2D eigenvalue weighted by Crippen LogP contribution is -2.14. The van der Waals surface area contributed by atoms with Gasteiger partial charge in [0, 0.05) is 17.1 Å². The fourth-order valence-electron chi connectivity index (χ4n) is 4.36. The molecule has 1 nitrogen and oxygen atoms in total. The first kappa shape index (κ1) is 23.8. The van der Waals surface area contributed by atoms with Crippen molar-refractivity contribution in [2.45, 2.75) is 59.3 Å². The van der Waals surface area contributed by atoms with Gasteiger partial charge in [-0.15, -0.1) is 0 Å². The Labute approximate surface area is 206 Å². The smallest absolute Gasteiger partial charge is 0.0462 e. The van der Waals surface area contributed by atoms with Crippen molar-refractivity contribution in [3.05, 3.63) is 114 Å². The molecular weight excluding hydrogens is 410 g/mol. The second kappa shape index (κ2) is 9.14. The molecule has 4 aromatic rings. The Kier molecular flexibility index (Phi) is 6.41. The van der Waals surface area contributed by atoms with Crippen molar-refractivity contribution in [1.29, 1.82) is 0 Å². The standard InChI is InChI=1S/C33H37N/c1-24-10-8-9-11-31(24)25-12-18-28(19-13-25)34(29-20-14-26(15-21-29)32(2,3)4)30-22-16-27(17-23-30)33(5,6)7/h8-23H,1-7H3. The Morgan fingerprint density at radius 3 is 1.24 bits per heavy atom. The maximum Gasteiger partial charge on any atom is 0.0462 e. The maximum absolute atomic E-state index is 2.35. The van der Waals surface area contributed by atoms with Gasteiger partial charge in [-0.3, -0.25) is 0 Å². The van der Waals surface area contributed by atoms with E-state index in [9.17, 15) is 0 Å². The Bertz CT molecular complexity index is 1170. The summed E-state index contributed by atoms with van der Waals surface area (Å²) in [5.74, 6) is 0. The zero-order valence-corrected chi connectivity index (χ0v) is 21.7. The molecule has 0 aliphatic carbocycles. The predicted octanol–water partition coefficient (Wildman–Crippen LogP) is 9.73. The average Bonchev–Trinajstić information content (AvgIpc) is 2.80. The van der Waals surface area contributed by atoms with Crippen molar-refractivity contribution in [3.8, 4) is 11.1 Å². The molecule has 0 saturated heterocycles. The lowest BCUT2D eigenvalue weighted by molar-refractivity contribution is 0.590. The van der Waals surface area contributed by atoms with Crippen molar-refractivity contribution in [2.75, 3.05) is 4.90 Å². The van der Waals surface area contributed by atoms with Crippen LogP contribution in [0.5, 0.6) is 0 Å². The van der Waals surface area contributed by atoms with Gasteiger partial charge < -0.3 is 4.90 Å². The third kappa shape index (κ3) is 5.09. The van der Waals surface area contributed by atoms with Crippen LogP contribution in [0, 0.1) is 6.92 Å². The molecule has 0 heterocycles. The van der Waals surface area contributed by atoms with E-state index in [1.54, 1.807) is 0 Å². The van der Waals surface area contributed by atoms with Gasteiger partial charge in [0.25, 0.3) is 0 Å². The van der Waals surface area contributed by atoms with Crippen LogP contribution in [0.15, 0.2) is 97.1 Å². The maximum atomic E-state index is 2.35. The van der Waals surface area contributed by atoms with Crippen molar-refractivity contribution in [2.24, 2.45) is 0 Å². The number of hydrogen-bond acceptors (Lipinski definition) is 1. The molecule has 0 bridgehead atoms. The highest BCUT2D eigenvalue weighted by Crippen LogP contribution is 2.38. The van der Waals surface area contributed by atoms with E-state index in [0.29, 0.717) is 0 Å². The van der Waals surface area contributed by atoms with Crippen molar-refractivity contribution >= 4 is 17.1 Å². The fourth-order valence-corrected chi connectivity index (χ4v) is 4.36. The molecule has 34 heavy (non-hydrogen) atoms. The summed E-state index contributed by atoms with van der Waals surface area (Å²) < 4.78 is 0. The molecule has 0 aromatic heterocycles. The third-order valence-electron chi connectivity index (χ3n) is 6.56. The Morgan fingerprint density at radius 2 is 0.853 bits per heavy atom. The van der Waals surface area contributed by atoms with Gasteiger partial charge in [-0.05, 0) is 82.0 Å². The average molecular weight is 448 g/mol. The lowest BCUT2D eigenvalue weighted by atomic mass is 9.86. The van der Waals surface area contributed by atoms with Crippen LogP contribution in [0.2, 0.25) is 0 Å². The minimum absolute atomic E-state index is 0.132. The quantitative estimate of drug-likeness (QED) is 0.301. The van der Waals surface area contributed by atoms with E-state index in [4.69, 9.17) is 0 Å². The second-order valence-corrected chi connectivity index (χ2v) is 11.3. The van der Waals surface area contributed by atoms with Gasteiger partial charge in [0.2, 0.25) is 0 Å². The minimum Gasteiger partial charge on any atom is -0.311 e. The van der Waals surface area contributed by atoms with E-state index in [1.165, 1.54) is 39.2 Å². The minimum atomic E-state index is 0.132. The zero-order chi connectivity index (χ0) is 24.5. The van der Waals surface area contributed by atoms with Crippen LogP contribution in [-0.2, 0) is 10.8 Å². The van der Waals surface area contributed by atoms with Crippen LogP contribution in [-0.4, -0.2) is 0 Å². The summed E-state index contributed by atoms with van der Waals surface area (Å²) in [6.45, 7) is 15.7. The summed E-state index contributed by atoms with van der Waals surface area (Å²) >= 11 is 0. The number of nitrogens with zero attached hydrogens (tertiary/aromatic N) is 1. The molecule has 0 radical (unpaired) electrons. The summed E-state index contributed by atoms with van der Waals surface area (Å²) in [4.78, 5) is 2.35. The summed E-state index contributed by atoms with van der Waals surface area (Å²) in [7, 11) is 0. The number of benzene rings is 4. The van der Waals surface area contributed by atoms with Crippen LogP contribution in [0.3, 0.4) is 0 Å². The van der Waals surface area contributed by atoms with E-state index >= 15 is 0 Å². The molecule has 0 spiro atoms. The predicted molar refractivity (Wildman–Crippen MR) is 149 cm³/mol. The first-order valence-corrected chi connectivity index (χ1v) is 12.2. The SMILES string of the molecule is Cc1ccccc1-c1ccc(N(c2ccc(C(C)(C)C)cc2)c2ccc(C(C)(C)C)cc2)cc1. The Balaban J connectivity index is 1.77. The molecule has 0 N–H and O–H groups in total.